The second-order valence-electron chi connectivity index (χ2n) is 5.60. The van der Waals surface area contributed by atoms with Crippen molar-refractivity contribution in [3.63, 3.8) is 0 Å². The fourth-order valence-corrected chi connectivity index (χ4v) is 2.49. The summed E-state index contributed by atoms with van der Waals surface area (Å²) >= 11 is 0. The van der Waals surface area contributed by atoms with Crippen LogP contribution in [0.2, 0.25) is 0 Å². The van der Waals surface area contributed by atoms with Gasteiger partial charge >= 0.3 is 0 Å². The number of carbonyl (C=O) groups excluding carboxylic acids is 1. The van der Waals surface area contributed by atoms with Crippen molar-refractivity contribution in [3.8, 4) is 0 Å². The van der Waals surface area contributed by atoms with Crippen molar-refractivity contribution < 1.29 is 4.79 Å². The zero-order valence-electron chi connectivity index (χ0n) is 13.3. The number of nitrogens with one attached hydrogen (secondary N) is 2. The Bertz CT molecular complexity index is 853. The van der Waals surface area contributed by atoms with Gasteiger partial charge in [-0.1, -0.05) is 30.3 Å². The van der Waals surface area contributed by atoms with E-state index in [9.17, 15) is 4.79 Å². The molecule has 2 N–H and O–H groups in total. The van der Waals surface area contributed by atoms with E-state index in [0.29, 0.717) is 0 Å². The molecule has 0 atom stereocenters. The maximum Gasteiger partial charge on any atom is 0.243 e. The lowest BCUT2D eigenvalue weighted by Crippen LogP contribution is -2.22. The van der Waals surface area contributed by atoms with Gasteiger partial charge in [0.05, 0.1) is 17.7 Å². The van der Waals surface area contributed by atoms with Crippen LogP contribution >= 0.6 is 0 Å². The molecular weight excluding hydrogens is 286 g/mol. The number of hydrogen-bond acceptors (Lipinski definition) is 3. The predicted octanol–water partition coefficient (Wildman–Crippen LogP) is 3.90. The van der Waals surface area contributed by atoms with Gasteiger partial charge in [-0.05, 0) is 43.2 Å². The van der Waals surface area contributed by atoms with Crippen LogP contribution in [0.15, 0.2) is 54.7 Å². The van der Waals surface area contributed by atoms with E-state index in [4.69, 9.17) is 0 Å². The van der Waals surface area contributed by atoms with Gasteiger partial charge in [-0.25, -0.2) is 0 Å². The van der Waals surface area contributed by atoms with E-state index in [1.807, 2.05) is 62.4 Å². The summed E-state index contributed by atoms with van der Waals surface area (Å²) in [5.41, 5.74) is 4.76. The quantitative estimate of drug-likeness (QED) is 0.768. The number of carbonyl (C=O) groups is 1. The minimum atomic E-state index is -0.0772. The van der Waals surface area contributed by atoms with Gasteiger partial charge in [-0.15, -0.1) is 0 Å². The van der Waals surface area contributed by atoms with E-state index in [0.717, 1.165) is 33.4 Å². The van der Waals surface area contributed by atoms with Crippen LogP contribution in [-0.4, -0.2) is 17.4 Å². The van der Waals surface area contributed by atoms with Gasteiger partial charge in [-0.2, -0.15) is 0 Å². The van der Waals surface area contributed by atoms with Crippen LogP contribution in [0.3, 0.4) is 0 Å². The summed E-state index contributed by atoms with van der Waals surface area (Å²) in [6.07, 6.45) is 1.75. The molecule has 0 saturated carbocycles. The molecule has 0 aliphatic heterocycles. The van der Waals surface area contributed by atoms with Crippen molar-refractivity contribution in [2.24, 2.45) is 0 Å². The lowest BCUT2D eigenvalue weighted by molar-refractivity contribution is -0.114. The van der Waals surface area contributed by atoms with Gasteiger partial charge in [0.2, 0.25) is 5.91 Å². The highest BCUT2D eigenvalue weighted by Gasteiger charge is 2.07. The van der Waals surface area contributed by atoms with E-state index < -0.39 is 0 Å². The molecule has 2 aromatic carbocycles. The first-order valence-corrected chi connectivity index (χ1v) is 7.58. The van der Waals surface area contributed by atoms with E-state index in [1.54, 1.807) is 6.20 Å². The average Bonchev–Trinajstić information content (AvgIpc) is 2.56. The number of pyridine rings is 1. The van der Waals surface area contributed by atoms with E-state index >= 15 is 0 Å². The number of anilines is 2. The SMILES string of the molecule is Cc1ccc(C)c(NC(=O)CNc2cccc3cccnc23)c1. The lowest BCUT2D eigenvalue weighted by Gasteiger charge is -2.11. The summed E-state index contributed by atoms with van der Waals surface area (Å²) in [5, 5.41) is 7.16. The van der Waals surface area contributed by atoms with Gasteiger partial charge in [0.1, 0.15) is 0 Å². The minimum Gasteiger partial charge on any atom is -0.374 e. The molecule has 0 saturated heterocycles. The summed E-state index contributed by atoms with van der Waals surface area (Å²) in [5.74, 6) is -0.0772. The standard InChI is InChI=1S/C19H19N3O/c1-13-8-9-14(2)17(11-13)22-18(23)12-21-16-7-3-5-15-6-4-10-20-19(15)16/h3-11,21H,12H2,1-2H3,(H,22,23). The third-order valence-electron chi connectivity index (χ3n) is 3.74. The zero-order chi connectivity index (χ0) is 16.2. The molecular formula is C19H19N3O. The Kier molecular flexibility index (Phi) is 4.24. The number of benzene rings is 2. The van der Waals surface area contributed by atoms with Crippen LogP contribution in [0.25, 0.3) is 10.9 Å². The first-order chi connectivity index (χ1) is 11.1. The third-order valence-corrected chi connectivity index (χ3v) is 3.74. The first kappa shape index (κ1) is 15.0. The predicted molar refractivity (Wildman–Crippen MR) is 94.8 cm³/mol. The molecule has 0 aliphatic rings. The molecule has 1 aromatic heterocycles. The number of aryl methyl sites for hydroxylation is 2. The summed E-state index contributed by atoms with van der Waals surface area (Å²) in [6, 6.07) is 15.8. The summed E-state index contributed by atoms with van der Waals surface area (Å²) < 4.78 is 0. The Morgan fingerprint density at radius 1 is 1.04 bits per heavy atom. The second kappa shape index (κ2) is 6.48. The molecule has 3 aromatic rings. The molecule has 23 heavy (non-hydrogen) atoms. The van der Waals surface area contributed by atoms with E-state index in [2.05, 4.69) is 15.6 Å². The largest absolute Gasteiger partial charge is 0.374 e. The highest BCUT2D eigenvalue weighted by Crippen LogP contribution is 2.20. The summed E-state index contributed by atoms with van der Waals surface area (Å²) in [7, 11) is 0. The molecule has 4 nitrogen and oxygen atoms in total. The maximum atomic E-state index is 12.2. The minimum absolute atomic E-state index is 0.0772. The molecule has 0 bridgehead atoms. The Morgan fingerprint density at radius 3 is 2.74 bits per heavy atom. The topological polar surface area (TPSA) is 54.0 Å². The second-order valence-corrected chi connectivity index (χ2v) is 5.60. The van der Waals surface area contributed by atoms with Crippen LogP contribution in [-0.2, 0) is 4.79 Å². The number of hydrogen-bond donors (Lipinski definition) is 2. The average molecular weight is 305 g/mol. The fraction of sp³-hybridized carbons (Fsp3) is 0.158. The number of aromatic nitrogens is 1. The normalized spacial score (nSPS) is 10.5. The zero-order valence-corrected chi connectivity index (χ0v) is 13.3. The highest BCUT2D eigenvalue weighted by atomic mass is 16.1. The molecule has 4 heteroatoms. The van der Waals surface area contributed by atoms with E-state index in [1.165, 1.54) is 0 Å². The van der Waals surface area contributed by atoms with Crippen molar-refractivity contribution >= 4 is 28.2 Å². The molecule has 116 valence electrons. The van der Waals surface area contributed by atoms with Gasteiger partial charge in [0.15, 0.2) is 0 Å². The molecule has 0 spiro atoms. The van der Waals surface area contributed by atoms with Crippen molar-refractivity contribution in [2.45, 2.75) is 13.8 Å². The number of amides is 1. The van der Waals surface area contributed by atoms with Crippen LogP contribution in [0, 0.1) is 13.8 Å². The number of nitrogens with zero attached hydrogens (tertiary/aromatic N) is 1. The van der Waals surface area contributed by atoms with Crippen molar-refractivity contribution in [1.29, 1.82) is 0 Å². The number of para-hydroxylation sites is 1. The molecule has 1 heterocycles. The van der Waals surface area contributed by atoms with Crippen LogP contribution < -0.4 is 10.6 Å². The smallest absolute Gasteiger partial charge is 0.243 e. The summed E-state index contributed by atoms with van der Waals surface area (Å²) in [6.45, 7) is 4.19. The molecule has 1 amide bonds. The van der Waals surface area contributed by atoms with Gasteiger partial charge in [0, 0.05) is 17.3 Å². The molecule has 0 radical (unpaired) electrons. The third kappa shape index (κ3) is 3.48. The Labute approximate surface area is 135 Å². The number of fused-ring (bicyclic) bond motifs is 1. The lowest BCUT2D eigenvalue weighted by atomic mass is 10.1. The van der Waals surface area contributed by atoms with Crippen molar-refractivity contribution in [1.82, 2.24) is 4.98 Å². The summed E-state index contributed by atoms with van der Waals surface area (Å²) in [4.78, 5) is 16.6. The van der Waals surface area contributed by atoms with Crippen molar-refractivity contribution in [2.75, 3.05) is 17.2 Å². The first-order valence-electron chi connectivity index (χ1n) is 7.58. The van der Waals surface area contributed by atoms with Gasteiger partial charge in [0.25, 0.3) is 0 Å². The van der Waals surface area contributed by atoms with Crippen molar-refractivity contribution in [3.05, 3.63) is 65.9 Å². The van der Waals surface area contributed by atoms with Gasteiger partial charge < -0.3 is 10.6 Å². The molecule has 0 aliphatic carbocycles. The Morgan fingerprint density at radius 2 is 1.87 bits per heavy atom. The van der Waals surface area contributed by atoms with Gasteiger partial charge in [-0.3, -0.25) is 9.78 Å². The highest BCUT2D eigenvalue weighted by molar-refractivity contribution is 5.96. The van der Waals surface area contributed by atoms with E-state index in [-0.39, 0.29) is 12.5 Å². The maximum absolute atomic E-state index is 12.2. The molecule has 3 rings (SSSR count). The van der Waals surface area contributed by atoms with Crippen LogP contribution in [0.1, 0.15) is 11.1 Å². The number of rotatable bonds is 4. The Hall–Kier alpha value is -2.88. The van der Waals surface area contributed by atoms with Crippen LogP contribution in [0.4, 0.5) is 11.4 Å². The van der Waals surface area contributed by atoms with Crippen LogP contribution in [0.5, 0.6) is 0 Å². The monoisotopic (exact) mass is 305 g/mol. The Balaban J connectivity index is 1.70. The molecule has 0 unspecified atom stereocenters. The molecule has 0 fully saturated rings. The fourth-order valence-electron chi connectivity index (χ4n) is 2.49.